The van der Waals surface area contributed by atoms with Crippen LogP contribution in [0.5, 0.6) is 0 Å². The van der Waals surface area contributed by atoms with Crippen LogP contribution in [0, 0.1) is 0 Å². The van der Waals surface area contributed by atoms with Gasteiger partial charge in [-0.15, -0.1) is 0 Å². The minimum atomic E-state index is 0.674. The Hall–Kier alpha value is -0.480. The van der Waals surface area contributed by atoms with Crippen LogP contribution in [0.4, 0.5) is 0 Å². The van der Waals surface area contributed by atoms with Gasteiger partial charge in [0.25, 0.3) is 0 Å². The topological polar surface area (TPSA) is 29.9 Å². The second-order valence-corrected chi connectivity index (χ2v) is 5.00. The SMILES string of the molecule is CCCn1nccc1CNCC(C)SC. The molecular formula is C11H21N3S. The first-order valence-corrected chi connectivity index (χ1v) is 6.81. The molecule has 1 unspecified atom stereocenters. The molecule has 0 amide bonds. The lowest BCUT2D eigenvalue weighted by atomic mass is 10.4. The fraction of sp³-hybridized carbons (Fsp3) is 0.727. The van der Waals surface area contributed by atoms with E-state index in [9.17, 15) is 0 Å². The van der Waals surface area contributed by atoms with E-state index < -0.39 is 0 Å². The van der Waals surface area contributed by atoms with E-state index in [4.69, 9.17) is 0 Å². The molecule has 15 heavy (non-hydrogen) atoms. The summed E-state index contributed by atoms with van der Waals surface area (Å²) in [6.07, 6.45) is 5.16. The third kappa shape index (κ3) is 4.26. The summed E-state index contributed by atoms with van der Waals surface area (Å²) in [5.41, 5.74) is 1.28. The third-order valence-corrected chi connectivity index (χ3v) is 3.35. The molecule has 0 aromatic carbocycles. The van der Waals surface area contributed by atoms with Crippen molar-refractivity contribution in [3.05, 3.63) is 18.0 Å². The molecule has 0 aliphatic carbocycles. The monoisotopic (exact) mass is 227 g/mol. The Balaban J connectivity index is 2.33. The molecule has 0 saturated heterocycles. The van der Waals surface area contributed by atoms with Crippen molar-refractivity contribution >= 4 is 11.8 Å². The molecule has 86 valence electrons. The van der Waals surface area contributed by atoms with Gasteiger partial charge < -0.3 is 5.32 Å². The van der Waals surface area contributed by atoms with Crippen LogP contribution < -0.4 is 5.32 Å². The molecule has 1 heterocycles. The van der Waals surface area contributed by atoms with Crippen LogP contribution in [0.2, 0.25) is 0 Å². The second kappa shape index (κ2) is 6.90. The van der Waals surface area contributed by atoms with E-state index in [1.807, 2.05) is 18.0 Å². The van der Waals surface area contributed by atoms with Gasteiger partial charge in [-0.3, -0.25) is 4.68 Å². The zero-order chi connectivity index (χ0) is 11.1. The van der Waals surface area contributed by atoms with Gasteiger partial charge in [-0.05, 0) is 18.7 Å². The van der Waals surface area contributed by atoms with Crippen LogP contribution in [0.1, 0.15) is 26.0 Å². The van der Waals surface area contributed by atoms with Gasteiger partial charge in [0.15, 0.2) is 0 Å². The largest absolute Gasteiger partial charge is 0.310 e. The average Bonchev–Trinajstić information content (AvgIpc) is 2.66. The number of nitrogens with zero attached hydrogens (tertiary/aromatic N) is 2. The Morgan fingerprint density at radius 3 is 3.07 bits per heavy atom. The molecule has 1 atom stereocenters. The van der Waals surface area contributed by atoms with Crippen molar-refractivity contribution in [3.63, 3.8) is 0 Å². The molecule has 0 radical (unpaired) electrons. The number of aromatic nitrogens is 2. The van der Waals surface area contributed by atoms with Gasteiger partial charge in [-0.2, -0.15) is 16.9 Å². The fourth-order valence-corrected chi connectivity index (χ4v) is 1.69. The highest BCUT2D eigenvalue weighted by molar-refractivity contribution is 7.99. The first-order chi connectivity index (χ1) is 7.27. The maximum absolute atomic E-state index is 4.30. The number of hydrogen-bond donors (Lipinski definition) is 1. The summed E-state index contributed by atoms with van der Waals surface area (Å²) in [5.74, 6) is 0. The van der Waals surface area contributed by atoms with Crippen LogP contribution in [-0.2, 0) is 13.1 Å². The highest BCUT2D eigenvalue weighted by Crippen LogP contribution is 2.04. The zero-order valence-corrected chi connectivity index (χ0v) is 10.7. The van der Waals surface area contributed by atoms with Crippen LogP contribution in [0.3, 0.4) is 0 Å². The highest BCUT2D eigenvalue weighted by Gasteiger charge is 2.02. The van der Waals surface area contributed by atoms with Crippen LogP contribution in [-0.4, -0.2) is 27.8 Å². The zero-order valence-electron chi connectivity index (χ0n) is 9.86. The van der Waals surface area contributed by atoms with Crippen LogP contribution in [0.25, 0.3) is 0 Å². The summed E-state index contributed by atoms with van der Waals surface area (Å²) in [4.78, 5) is 0. The first-order valence-electron chi connectivity index (χ1n) is 5.52. The maximum atomic E-state index is 4.30. The summed E-state index contributed by atoms with van der Waals surface area (Å²) in [6.45, 7) is 7.40. The van der Waals surface area contributed by atoms with E-state index in [2.05, 4.69) is 41.3 Å². The Bertz CT molecular complexity index is 273. The smallest absolute Gasteiger partial charge is 0.0522 e. The maximum Gasteiger partial charge on any atom is 0.0522 e. The van der Waals surface area contributed by atoms with Crippen molar-refractivity contribution in [1.29, 1.82) is 0 Å². The van der Waals surface area contributed by atoms with E-state index in [0.717, 1.165) is 26.1 Å². The molecule has 0 spiro atoms. The Morgan fingerprint density at radius 1 is 1.60 bits per heavy atom. The van der Waals surface area contributed by atoms with E-state index in [-0.39, 0.29) is 0 Å². The molecule has 0 fully saturated rings. The summed E-state index contributed by atoms with van der Waals surface area (Å²) in [7, 11) is 0. The normalized spacial score (nSPS) is 13.0. The fourth-order valence-electron chi connectivity index (χ4n) is 1.41. The molecule has 0 saturated carbocycles. The quantitative estimate of drug-likeness (QED) is 0.774. The van der Waals surface area contributed by atoms with Crippen molar-refractivity contribution in [2.45, 2.75) is 38.6 Å². The Labute approximate surface area is 96.6 Å². The van der Waals surface area contributed by atoms with Gasteiger partial charge in [0.05, 0.1) is 5.69 Å². The highest BCUT2D eigenvalue weighted by atomic mass is 32.2. The second-order valence-electron chi connectivity index (χ2n) is 3.72. The molecule has 3 nitrogen and oxygen atoms in total. The van der Waals surface area contributed by atoms with Crippen molar-refractivity contribution in [3.8, 4) is 0 Å². The lowest BCUT2D eigenvalue weighted by Gasteiger charge is -2.10. The molecule has 1 aromatic rings. The number of aryl methyl sites for hydroxylation is 1. The third-order valence-electron chi connectivity index (χ3n) is 2.38. The van der Waals surface area contributed by atoms with Gasteiger partial charge in [0, 0.05) is 31.1 Å². The minimum absolute atomic E-state index is 0.674. The van der Waals surface area contributed by atoms with E-state index in [1.54, 1.807) is 0 Å². The van der Waals surface area contributed by atoms with Gasteiger partial charge in [-0.1, -0.05) is 13.8 Å². The molecule has 1 rings (SSSR count). The van der Waals surface area contributed by atoms with E-state index >= 15 is 0 Å². The van der Waals surface area contributed by atoms with Gasteiger partial charge >= 0.3 is 0 Å². The first kappa shape index (κ1) is 12.6. The van der Waals surface area contributed by atoms with Crippen molar-refractivity contribution in [2.75, 3.05) is 12.8 Å². The average molecular weight is 227 g/mol. The van der Waals surface area contributed by atoms with Crippen molar-refractivity contribution < 1.29 is 0 Å². The molecule has 0 aliphatic heterocycles. The Kier molecular flexibility index (Phi) is 5.79. The van der Waals surface area contributed by atoms with Crippen molar-refractivity contribution in [1.82, 2.24) is 15.1 Å². The van der Waals surface area contributed by atoms with E-state index in [0.29, 0.717) is 5.25 Å². The molecule has 0 bridgehead atoms. The van der Waals surface area contributed by atoms with E-state index in [1.165, 1.54) is 5.69 Å². The molecule has 0 aliphatic rings. The lowest BCUT2D eigenvalue weighted by molar-refractivity contribution is 0.550. The predicted molar refractivity (Wildman–Crippen MR) is 67.2 cm³/mol. The van der Waals surface area contributed by atoms with Gasteiger partial charge in [-0.25, -0.2) is 0 Å². The number of thioether (sulfide) groups is 1. The van der Waals surface area contributed by atoms with Crippen LogP contribution in [0.15, 0.2) is 12.3 Å². The van der Waals surface area contributed by atoms with Crippen LogP contribution >= 0.6 is 11.8 Å². The summed E-state index contributed by atoms with van der Waals surface area (Å²) in [6, 6.07) is 2.09. The van der Waals surface area contributed by atoms with Gasteiger partial charge in [0.1, 0.15) is 0 Å². The lowest BCUT2D eigenvalue weighted by Crippen LogP contribution is -2.23. The van der Waals surface area contributed by atoms with Crippen molar-refractivity contribution in [2.24, 2.45) is 0 Å². The summed E-state index contributed by atoms with van der Waals surface area (Å²) >= 11 is 1.89. The molecular weight excluding hydrogens is 206 g/mol. The minimum Gasteiger partial charge on any atom is -0.310 e. The predicted octanol–water partition coefficient (Wildman–Crippen LogP) is 2.13. The standard InChI is InChI=1S/C11H21N3S/c1-4-7-14-11(5-6-13-14)9-12-8-10(2)15-3/h5-6,10,12H,4,7-9H2,1-3H3. The molecule has 4 heteroatoms. The number of rotatable bonds is 7. The van der Waals surface area contributed by atoms with Gasteiger partial charge in [0.2, 0.25) is 0 Å². The molecule has 1 aromatic heterocycles. The Morgan fingerprint density at radius 2 is 2.40 bits per heavy atom. The molecule has 1 N–H and O–H groups in total. The number of hydrogen-bond acceptors (Lipinski definition) is 3. The summed E-state index contributed by atoms with van der Waals surface area (Å²) in [5, 5.41) is 8.42. The number of nitrogens with one attached hydrogen (secondary N) is 1. The summed E-state index contributed by atoms with van der Waals surface area (Å²) < 4.78 is 2.08.